The Morgan fingerprint density at radius 1 is 1.26 bits per heavy atom. The Kier molecular flexibility index (Phi) is 5.61. The summed E-state index contributed by atoms with van der Waals surface area (Å²) in [6.07, 6.45) is 3.63. The minimum atomic E-state index is -0.165. The van der Waals surface area contributed by atoms with Gasteiger partial charge in [-0.15, -0.1) is 0 Å². The number of carbonyl (C=O) groups is 1. The number of nitrogens with two attached hydrogens (primary N) is 1. The van der Waals surface area contributed by atoms with Crippen molar-refractivity contribution in [2.75, 3.05) is 30.8 Å². The lowest BCUT2D eigenvalue weighted by molar-refractivity contribution is 0.0851. The normalized spacial score (nSPS) is 11.1. The van der Waals surface area contributed by atoms with E-state index < -0.39 is 0 Å². The first kappa shape index (κ1) is 18.7. The van der Waals surface area contributed by atoms with Gasteiger partial charge >= 0.3 is 6.03 Å². The predicted molar refractivity (Wildman–Crippen MR) is 109 cm³/mol. The van der Waals surface area contributed by atoms with Crippen molar-refractivity contribution in [2.45, 2.75) is 20.0 Å². The van der Waals surface area contributed by atoms with Crippen LogP contribution in [0, 0.1) is 0 Å². The average molecular weight is 367 g/mol. The summed E-state index contributed by atoms with van der Waals surface area (Å²) >= 11 is 0. The highest BCUT2D eigenvalue weighted by Gasteiger charge is 2.13. The molecule has 2 aromatic heterocycles. The topological polar surface area (TPSA) is 85.4 Å². The molecule has 3 aromatic rings. The molecule has 0 atom stereocenters. The second-order valence-electron chi connectivity index (χ2n) is 6.49. The third-order valence-electron chi connectivity index (χ3n) is 4.26. The standard InChI is InChI=1S/C20H25N5O2/c1-14(2)27-11-10-24(17-6-8-23-19(21)13-17)16-4-5-18-15(12-16)7-9-25(18)20(26)22-3/h4-9,12-14H,10-11H2,1-3H3,(H2,21,23)(H,22,26). The molecule has 2 heterocycles. The van der Waals surface area contributed by atoms with Gasteiger partial charge in [0.2, 0.25) is 0 Å². The number of nitrogens with one attached hydrogen (secondary N) is 1. The Morgan fingerprint density at radius 2 is 2.04 bits per heavy atom. The van der Waals surface area contributed by atoms with Crippen molar-refractivity contribution in [3.05, 3.63) is 48.8 Å². The van der Waals surface area contributed by atoms with Crippen LogP contribution in [0.2, 0.25) is 0 Å². The number of aromatic nitrogens is 2. The molecule has 1 aromatic carbocycles. The summed E-state index contributed by atoms with van der Waals surface area (Å²) in [5.41, 5.74) is 8.67. The number of anilines is 3. The number of nitrogen functional groups attached to an aromatic ring is 1. The molecule has 0 saturated carbocycles. The maximum atomic E-state index is 12.0. The molecule has 3 rings (SSSR count). The zero-order valence-electron chi connectivity index (χ0n) is 15.8. The van der Waals surface area contributed by atoms with Crippen molar-refractivity contribution in [1.29, 1.82) is 0 Å². The van der Waals surface area contributed by atoms with Crippen molar-refractivity contribution < 1.29 is 9.53 Å². The number of pyridine rings is 1. The zero-order chi connectivity index (χ0) is 19.4. The molecule has 0 aliphatic carbocycles. The van der Waals surface area contributed by atoms with Crippen molar-refractivity contribution >= 4 is 34.1 Å². The Bertz CT molecular complexity index is 935. The van der Waals surface area contributed by atoms with E-state index in [2.05, 4.69) is 21.3 Å². The first-order chi connectivity index (χ1) is 13.0. The molecule has 0 aliphatic heterocycles. The van der Waals surface area contributed by atoms with Crippen molar-refractivity contribution in [1.82, 2.24) is 14.9 Å². The molecule has 0 fully saturated rings. The fourth-order valence-electron chi connectivity index (χ4n) is 2.99. The number of ether oxygens (including phenoxy) is 1. The fourth-order valence-corrected chi connectivity index (χ4v) is 2.99. The number of hydrogen-bond acceptors (Lipinski definition) is 5. The van der Waals surface area contributed by atoms with Gasteiger partial charge in [0, 0.05) is 48.8 Å². The molecule has 3 N–H and O–H groups in total. The van der Waals surface area contributed by atoms with Crippen LogP contribution in [0.25, 0.3) is 10.9 Å². The van der Waals surface area contributed by atoms with Crippen LogP contribution >= 0.6 is 0 Å². The SMILES string of the molecule is CNC(=O)n1ccc2cc(N(CCOC(C)C)c3ccnc(N)c3)ccc21. The molecule has 0 radical (unpaired) electrons. The molecule has 7 heteroatoms. The number of fused-ring (bicyclic) bond motifs is 1. The number of nitrogens with zero attached hydrogens (tertiary/aromatic N) is 3. The maximum absolute atomic E-state index is 12.0. The third kappa shape index (κ3) is 4.20. The molecular formula is C20H25N5O2. The number of rotatable bonds is 6. The number of benzene rings is 1. The molecule has 0 unspecified atom stereocenters. The summed E-state index contributed by atoms with van der Waals surface area (Å²) in [6.45, 7) is 5.28. The van der Waals surface area contributed by atoms with Crippen LogP contribution in [0.4, 0.5) is 22.0 Å². The van der Waals surface area contributed by atoms with Crippen LogP contribution in [-0.2, 0) is 4.74 Å². The van der Waals surface area contributed by atoms with Gasteiger partial charge in [-0.05, 0) is 44.2 Å². The summed E-state index contributed by atoms with van der Waals surface area (Å²) in [5, 5.41) is 3.62. The van der Waals surface area contributed by atoms with Gasteiger partial charge in [-0.3, -0.25) is 4.57 Å². The van der Waals surface area contributed by atoms with E-state index in [-0.39, 0.29) is 12.1 Å². The van der Waals surface area contributed by atoms with E-state index in [0.717, 1.165) is 22.3 Å². The Hall–Kier alpha value is -3.06. The molecule has 142 valence electrons. The van der Waals surface area contributed by atoms with Crippen molar-refractivity contribution in [3.8, 4) is 0 Å². The number of carbonyl (C=O) groups excluding carboxylic acids is 1. The quantitative estimate of drug-likeness (QED) is 0.698. The van der Waals surface area contributed by atoms with Crippen LogP contribution in [0.5, 0.6) is 0 Å². The lowest BCUT2D eigenvalue weighted by atomic mass is 10.2. The van der Waals surface area contributed by atoms with Gasteiger partial charge in [0.1, 0.15) is 5.82 Å². The van der Waals surface area contributed by atoms with E-state index in [4.69, 9.17) is 10.5 Å². The lowest BCUT2D eigenvalue weighted by Crippen LogP contribution is -2.24. The molecular weight excluding hydrogens is 342 g/mol. The fraction of sp³-hybridized carbons (Fsp3) is 0.300. The van der Waals surface area contributed by atoms with Crippen LogP contribution in [0.15, 0.2) is 48.8 Å². The van der Waals surface area contributed by atoms with Gasteiger partial charge in [-0.2, -0.15) is 0 Å². The predicted octanol–water partition coefficient (Wildman–Crippen LogP) is 3.37. The zero-order valence-corrected chi connectivity index (χ0v) is 15.8. The lowest BCUT2D eigenvalue weighted by Gasteiger charge is -2.26. The minimum absolute atomic E-state index is 0.165. The van der Waals surface area contributed by atoms with E-state index >= 15 is 0 Å². The summed E-state index contributed by atoms with van der Waals surface area (Å²) in [7, 11) is 1.62. The monoisotopic (exact) mass is 367 g/mol. The maximum Gasteiger partial charge on any atom is 0.325 e. The smallest absolute Gasteiger partial charge is 0.325 e. The van der Waals surface area contributed by atoms with Crippen LogP contribution in [0.1, 0.15) is 13.8 Å². The highest BCUT2D eigenvalue weighted by Crippen LogP contribution is 2.29. The van der Waals surface area contributed by atoms with Crippen LogP contribution in [0.3, 0.4) is 0 Å². The Balaban J connectivity index is 1.96. The summed E-state index contributed by atoms with van der Waals surface area (Å²) in [5.74, 6) is 0.467. The van der Waals surface area contributed by atoms with E-state index in [1.807, 2.05) is 44.2 Å². The molecule has 7 nitrogen and oxygen atoms in total. The molecule has 1 amide bonds. The molecule has 0 aliphatic rings. The highest BCUT2D eigenvalue weighted by atomic mass is 16.5. The third-order valence-corrected chi connectivity index (χ3v) is 4.26. The van der Waals surface area contributed by atoms with E-state index in [0.29, 0.717) is 19.0 Å². The van der Waals surface area contributed by atoms with Crippen LogP contribution in [-0.4, -0.2) is 41.9 Å². The van der Waals surface area contributed by atoms with Crippen molar-refractivity contribution in [2.24, 2.45) is 0 Å². The summed E-state index contributed by atoms with van der Waals surface area (Å²) in [4.78, 5) is 18.2. The van der Waals surface area contributed by atoms with Crippen LogP contribution < -0.4 is 16.0 Å². The van der Waals surface area contributed by atoms with E-state index in [1.54, 1.807) is 24.0 Å². The second-order valence-corrected chi connectivity index (χ2v) is 6.49. The molecule has 0 bridgehead atoms. The van der Waals surface area contributed by atoms with Crippen molar-refractivity contribution in [3.63, 3.8) is 0 Å². The first-order valence-electron chi connectivity index (χ1n) is 8.93. The summed E-state index contributed by atoms with van der Waals surface area (Å²) in [6, 6.07) is 11.5. The second kappa shape index (κ2) is 8.09. The summed E-state index contributed by atoms with van der Waals surface area (Å²) < 4.78 is 7.33. The largest absolute Gasteiger partial charge is 0.384 e. The Labute approximate surface area is 158 Å². The highest BCUT2D eigenvalue weighted by molar-refractivity contribution is 5.93. The van der Waals surface area contributed by atoms with Gasteiger partial charge in [-0.1, -0.05) is 0 Å². The molecule has 0 spiro atoms. The average Bonchev–Trinajstić information content (AvgIpc) is 3.07. The number of amides is 1. The van der Waals surface area contributed by atoms with E-state index in [1.165, 1.54) is 0 Å². The van der Waals surface area contributed by atoms with Gasteiger partial charge in [-0.25, -0.2) is 9.78 Å². The number of hydrogen-bond donors (Lipinski definition) is 2. The first-order valence-corrected chi connectivity index (χ1v) is 8.93. The Morgan fingerprint density at radius 3 is 2.74 bits per heavy atom. The van der Waals surface area contributed by atoms with Gasteiger partial charge in [0.25, 0.3) is 0 Å². The molecule has 27 heavy (non-hydrogen) atoms. The minimum Gasteiger partial charge on any atom is -0.384 e. The van der Waals surface area contributed by atoms with Gasteiger partial charge < -0.3 is 20.7 Å². The van der Waals surface area contributed by atoms with Gasteiger partial charge in [0.15, 0.2) is 0 Å². The van der Waals surface area contributed by atoms with Gasteiger partial charge in [0.05, 0.1) is 18.2 Å². The van der Waals surface area contributed by atoms with E-state index in [9.17, 15) is 4.79 Å². The molecule has 0 saturated heterocycles.